The van der Waals surface area contributed by atoms with E-state index in [4.69, 9.17) is 4.74 Å². The largest absolute Gasteiger partial charge is 0.453 e. The first-order chi connectivity index (χ1) is 18.9. The van der Waals surface area contributed by atoms with Gasteiger partial charge in [-0.05, 0) is 55.5 Å². The molecule has 1 aromatic heterocycles. The van der Waals surface area contributed by atoms with E-state index in [0.717, 1.165) is 41.8 Å². The van der Waals surface area contributed by atoms with Crippen molar-refractivity contribution in [1.82, 2.24) is 14.3 Å². The molecule has 0 N–H and O–H groups in total. The Morgan fingerprint density at radius 1 is 0.949 bits per heavy atom. The van der Waals surface area contributed by atoms with Crippen LogP contribution in [0.4, 0.5) is 0 Å². The Bertz CT molecular complexity index is 1620. The molecule has 0 saturated heterocycles. The molecule has 0 fully saturated rings. The van der Waals surface area contributed by atoms with E-state index in [-0.39, 0.29) is 30.5 Å². The molecule has 0 bridgehead atoms. The van der Waals surface area contributed by atoms with Gasteiger partial charge in [0.15, 0.2) is 0 Å². The number of ether oxygens (including phenoxy) is 1. The van der Waals surface area contributed by atoms with Gasteiger partial charge in [0.05, 0.1) is 35.8 Å². The molecule has 0 spiro atoms. The average Bonchev–Trinajstić information content (AvgIpc) is 3.39. The quantitative estimate of drug-likeness (QED) is 0.327. The number of cyclic esters (lactones) is 1. The lowest BCUT2D eigenvalue weighted by Gasteiger charge is -2.36. The van der Waals surface area contributed by atoms with Gasteiger partial charge >= 0.3 is 5.97 Å². The highest BCUT2D eigenvalue weighted by Crippen LogP contribution is 2.38. The lowest BCUT2D eigenvalue weighted by molar-refractivity contribution is -0.137. The highest BCUT2D eigenvalue weighted by Gasteiger charge is 2.37. The number of rotatable bonds is 6. The summed E-state index contributed by atoms with van der Waals surface area (Å²) in [5, 5.41) is 0. The SMILES string of the molecule is Cc1c(CN(C(=O)CC2OC(=O)c3ccccc32)C2CCCc3ccccc32)c(=O)n(-c2ccccc2)n1C. The number of aryl methyl sites for hydroxylation is 1. The van der Waals surface area contributed by atoms with Gasteiger partial charge in [-0.1, -0.05) is 60.7 Å². The highest BCUT2D eigenvalue weighted by molar-refractivity contribution is 5.94. The summed E-state index contributed by atoms with van der Waals surface area (Å²) < 4.78 is 9.13. The number of benzene rings is 3. The second-order valence-corrected chi connectivity index (χ2v) is 10.4. The molecular weight excluding hydrogens is 490 g/mol. The van der Waals surface area contributed by atoms with Gasteiger partial charge in [-0.2, -0.15) is 0 Å². The smallest absolute Gasteiger partial charge is 0.339 e. The molecule has 0 radical (unpaired) electrons. The van der Waals surface area contributed by atoms with Gasteiger partial charge in [0, 0.05) is 18.3 Å². The zero-order chi connectivity index (χ0) is 27.1. The van der Waals surface area contributed by atoms with Crippen LogP contribution < -0.4 is 5.56 Å². The molecule has 2 aliphatic rings. The van der Waals surface area contributed by atoms with Crippen LogP contribution in [0, 0.1) is 6.92 Å². The van der Waals surface area contributed by atoms with E-state index >= 15 is 0 Å². The molecule has 2 atom stereocenters. The summed E-state index contributed by atoms with van der Waals surface area (Å²) in [6, 6.07) is 24.8. The van der Waals surface area contributed by atoms with Gasteiger partial charge < -0.3 is 9.64 Å². The minimum atomic E-state index is -0.639. The number of amides is 1. The Labute approximate surface area is 227 Å². The van der Waals surface area contributed by atoms with E-state index in [0.29, 0.717) is 11.1 Å². The van der Waals surface area contributed by atoms with Gasteiger partial charge in [-0.25, -0.2) is 9.48 Å². The number of nitrogens with zero attached hydrogens (tertiary/aromatic N) is 3. The number of hydrogen-bond acceptors (Lipinski definition) is 4. The average molecular weight is 522 g/mol. The molecule has 2 unspecified atom stereocenters. The monoisotopic (exact) mass is 521 g/mol. The van der Waals surface area contributed by atoms with Gasteiger partial charge in [-0.15, -0.1) is 0 Å². The van der Waals surface area contributed by atoms with Crippen molar-refractivity contribution >= 4 is 11.9 Å². The molecule has 39 heavy (non-hydrogen) atoms. The minimum Gasteiger partial charge on any atom is -0.453 e. The van der Waals surface area contributed by atoms with Gasteiger partial charge in [0.2, 0.25) is 5.91 Å². The Kier molecular flexibility index (Phi) is 6.43. The third-order valence-electron chi connectivity index (χ3n) is 8.17. The second-order valence-electron chi connectivity index (χ2n) is 10.4. The number of hydrogen-bond donors (Lipinski definition) is 0. The fourth-order valence-electron chi connectivity index (χ4n) is 6.05. The number of carbonyl (C=O) groups is 2. The third-order valence-corrected chi connectivity index (χ3v) is 8.17. The molecule has 6 rings (SSSR count). The van der Waals surface area contributed by atoms with Crippen LogP contribution in [0.1, 0.15) is 69.7 Å². The topological polar surface area (TPSA) is 73.5 Å². The van der Waals surface area contributed by atoms with E-state index in [2.05, 4.69) is 12.1 Å². The van der Waals surface area contributed by atoms with Crippen LogP contribution in [0.5, 0.6) is 0 Å². The van der Waals surface area contributed by atoms with Crippen molar-refractivity contribution < 1.29 is 14.3 Å². The lowest BCUT2D eigenvalue weighted by atomic mass is 9.86. The van der Waals surface area contributed by atoms with E-state index in [1.54, 1.807) is 16.8 Å². The minimum absolute atomic E-state index is 0.0280. The predicted octanol–water partition coefficient (Wildman–Crippen LogP) is 5.19. The maximum Gasteiger partial charge on any atom is 0.339 e. The van der Waals surface area contributed by atoms with Crippen LogP contribution in [-0.4, -0.2) is 26.1 Å². The number of aromatic nitrogens is 2. The number of carbonyl (C=O) groups excluding carboxylic acids is 2. The van der Waals surface area contributed by atoms with E-state index in [9.17, 15) is 14.4 Å². The molecule has 1 aliphatic heterocycles. The van der Waals surface area contributed by atoms with Crippen LogP contribution in [0.15, 0.2) is 83.7 Å². The van der Waals surface area contributed by atoms with Crippen molar-refractivity contribution in [2.24, 2.45) is 7.05 Å². The normalized spacial score (nSPS) is 17.8. The second kappa shape index (κ2) is 10.1. The van der Waals surface area contributed by atoms with Crippen molar-refractivity contribution in [3.05, 3.63) is 123 Å². The maximum absolute atomic E-state index is 14.1. The summed E-state index contributed by atoms with van der Waals surface area (Å²) in [6.07, 6.45) is 2.12. The molecule has 4 aromatic rings. The van der Waals surface area contributed by atoms with Gasteiger partial charge in [0.1, 0.15) is 6.10 Å². The van der Waals surface area contributed by atoms with Gasteiger partial charge in [-0.3, -0.25) is 14.3 Å². The number of para-hydroxylation sites is 1. The van der Waals surface area contributed by atoms with Crippen molar-refractivity contribution in [2.75, 3.05) is 0 Å². The standard InChI is InChI=1S/C32H31N3O4/c1-21-27(31(37)35(33(21)2)23-13-4-3-5-14-23)20-34(28-18-10-12-22-11-6-7-15-24(22)28)30(36)19-29-25-16-8-9-17-26(25)32(38)39-29/h3-9,11,13-17,28-29H,10,12,18-20H2,1-2H3. The fraction of sp³-hybridized carbons (Fsp3) is 0.281. The van der Waals surface area contributed by atoms with E-state index < -0.39 is 12.1 Å². The Morgan fingerprint density at radius 2 is 1.64 bits per heavy atom. The predicted molar refractivity (Wildman–Crippen MR) is 148 cm³/mol. The van der Waals surface area contributed by atoms with Gasteiger partial charge in [0.25, 0.3) is 5.56 Å². The molecule has 1 aliphatic carbocycles. The zero-order valence-electron chi connectivity index (χ0n) is 22.2. The number of fused-ring (bicyclic) bond motifs is 2. The fourth-order valence-corrected chi connectivity index (χ4v) is 6.05. The summed E-state index contributed by atoms with van der Waals surface area (Å²) >= 11 is 0. The first-order valence-electron chi connectivity index (χ1n) is 13.4. The molecule has 7 nitrogen and oxygen atoms in total. The molecule has 7 heteroatoms. The van der Waals surface area contributed by atoms with Crippen molar-refractivity contribution in [1.29, 1.82) is 0 Å². The van der Waals surface area contributed by atoms with Crippen LogP contribution >= 0.6 is 0 Å². The summed E-state index contributed by atoms with van der Waals surface area (Å²) in [6.45, 7) is 2.10. The molecule has 3 aromatic carbocycles. The Morgan fingerprint density at radius 3 is 2.44 bits per heavy atom. The Hall–Kier alpha value is -4.39. The van der Waals surface area contributed by atoms with E-state index in [1.165, 1.54) is 5.56 Å². The van der Waals surface area contributed by atoms with Crippen LogP contribution in [0.25, 0.3) is 5.69 Å². The van der Waals surface area contributed by atoms with Crippen molar-refractivity contribution in [3.63, 3.8) is 0 Å². The first kappa shape index (κ1) is 24.9. The number of esters is 1. The zero-order valence-corrected chi connectivity index (χ0v) is 22.2. The Balaban J connectivity index is 1.39. The van der Waals surface area contributed by atoms with Crippen LogP contribution in [0.3, 0.4) is 0 Å². The summed E-state index contributed by atoms with van der Waals surface area (Å²) in [5.74, 6) is -0.539. The summed E-state index contributed by atoms with van der Waals surface area (Å²) in [4.78, 5) is 42.2. The molecule has 2 heterocycles. The third kappa shape index (κ3) is 4.38. The first-order valence-corrected chi connectivity index (χ1v) is 13.4. The highest BCUT2D eigenvalue weighted by atomic mass is 16.5. The maximum atomic E-state index is 14.1. The summed E-state index contributed by atoms with van der Waals surface area (Å²) in [7, 11) is 1.87. The summed E-state index contributed by atoms with van der Waals surface area (Å²) in [5.41, 5.74) is 5.63. The van der Waals surface area contributed by atoms with E-state index in [1.807, 2.05) is 78.2 Å². The molecule has 0 saturated carbocycles. The van der Waals surface area contributed by atoms with Crippen molar-refractivity contribution in [3.8, 4) is 5.69 Å². The van der Waals surface area contributed by atoms with Crippen LogP contribution in [0.2, 0.25) is 0 Å². The molecule has 1 amide bonds. The van der Waals surface area contributed by atoms with Crippen LogP contribution in [-0.2, 0) is 29.5 Å². The lowest BCUT2D eigenvalue weighted by Crippen LogP contribution is -2.38. The van der Waals surface area contributed by atoms with Crippen molar-refractivity contribution in [2.45, 2.75) is 51.3 Å². The molecule has 198 valence electrons. The molecular formula is C32H31N3O4.